The number of aromatic nitrogens is 4. The molecule has 2 heterocycles. The lowest BCUT2D eigenvalue weighted by Gasteiger charge is -2.06. The summed E-state index contributed by atoms with van der Waals surface area (Å²) in [6.07, 6.45) is 1.08. The Morgan fingerprint density at radius 3 is 2.67 bits per heavy atom. The monoisotopic (exact) mass is 437 g/mol. The average molecular weight is 438 g/mol. The van der Waals surface area contributed by atoms with E-state index in [4.69, 9.17) is 27.9 Å². The maximum atomic E-state index is 12.3. The number of anilines is 1. The van der Waals surface area contributed by atoms with Gasteiger partial charge in [0.15, 0.2) is 0 Å². The van der Waals surface area contributed by atoms with Gasteiger partial charge in [-0.3, -0.25) is 10.4 Å². The number of aromatic amines is 2. The molecule has 0 aliphatic rings. The molecule has 3 aromatic carbocycles. The molecule has 0 spiro atoms. The second-order valence-corrected chi connectivity index (χ2v) is 7.36. The van der Waals surface area contributed by atoms with Crippen LogP contribution in [0.3, 0.4) is 0 Å². The number of carbonyl (C=O) groups is 1. The minimum absolute atomic E-state index is 0.366. The van der Waals surface area contributed by atoms with Gasteiger partial charge in [-0.1, -0.05) is 29.3 Å². The summed E-state index contributed by atoms with van der Waals surface area (Å²) in [4.78, 5) is 20.0. The van der Waals surface area contributed by atoms with E-state index in [0.717, 1.165) is 10.9 Å². The number of nitrogens with one attached hydrogen (secondary N) is 3. The zero-order valence-electron chi connectivity index (χ0n) is 15.2. The third kappa shape index (κ3) is 3.45. The largest absolute Gasteiger partial charge is 0.417 e. The highest BCUT2D eigenvalue weighted by Gasteiger charge is 2.14. The molecular weight excluding hydrogens is 425 g/mol. The van der Waals surface area contributed by atoms with Crippen LogP contribution in [-0.2, 0) is 0 Å². The number of hydrogen-bond acceptors (Lipinski definition) is 4. The second-order valence-electron chi connectivity index (χ2n) is 6.55. The number of nitrogens with zero attached hydrogens (tertiary/aromatic N) is 2. The van der Waals surface area contributed by atoms with E-state index < -0.39 is 6.09 Å². The Kier molecular flexibility index (Phi) is 4.54. The molecule has 2 aromatic heterocycles. The molecule has 0 unspecified atom stereocenters. The Balaban J connectivity index is 1.37. The van der Waals surface area contributed by atoms with Crippen LogP contribution in [-0.4, -0.2) is 26.3 Å². The SMILES string of the molecule is O=C(Nc1ccc2[nH]ncc2c1)Oc1ccc2nc(-c3c(Cl)cccc3Cl)[nH]c2c1. The van der Waals surface area contributed by atoms with Crippen LogP contribution in [0.1, 0.15) is 0 Å². The molecule has 0 saturated heterocycles. The Hall–Kier alpha value is -3.55. The Morgan fingerprint density at radius 1 is 1.00 bits per heavy atom. The molecule has 5 aromatic rings. The quantitative estimate of drug-likeness (QED) is 0.321. The number of fused-ring (bicyclic) bond motifs is 2. The first-order chi connectivity index (χ1) is 14.6. The lowest BCUT2D eigenvalue weighted by atomic mass is 10.2. The van der Waals surface area contributed by atoms with Crippen molar-refractivity contribution in [3.05, 3.63) is 70.8 Å². The van der Waals surface area contributed by atoms with Crippen molar-refractivity contribution in [2.45, 2.75) is 0 Å². The maximum absolute atomic E-state index is 12.3. The zero-order valence-corrected chi connectivity index (χ0v) is 16.8. The van der Waals surface area contributed by atoms with Crippen LogP contribution < -0.4 is 10.1 Å². The highest BCUT2D eigenvalue weighted by molar-refractivity contribution is 6.39. The molecule has 0 saturated carbocycles. The Bertz CT molecular complexity index is 1390. The molecular formula is C21H13Cl2N5O2. The summed E-state index contributed by atoms with van der Waals surface area (Å²) in [5.74, 6) is 0.903. The summed E-state index contributed by atoms with van der Waals surface area (Å²) in [5.41, 5.74) is 3.48. The fraction of sp³-hybridized carbons (Fsp3) is 0. The summed E-state index contributed by atoms with van der Waals surface area (Å²) in [6, 6.07) is 15.8. The minimum Gasteiger partial charge on any atom is -0.410 e. The zero-order chi connectivity index (χ0) is 20.7. The first kappa shape index (κ1) is 18.5. The van der Waals surface area contributed by atoms with E-state index in [2.05, 4.69) is 25.5 Å². The third-order valence-electron chi connectivity index (χ3n) is 4.55. The number of hydrogen-bond donors (Lipinski definition) is 3. The molecule has 148 valence electrons. The number of rotatable bonds is 3. The summed E-state index contributed by atoms with van der Waals surface area (Å²) in [6.45, 7) is 0. The van der Waals surface area contributed by atoms with E-state index in [0.29, 0.717) is 43.9 Å². The van der Waals surface area contributed by atoms with E-state index in [-0.39, 0.29) is 0 Å². The minimum atomic E-state index is -0.605. The molecule has 7 nitrogen and oxygen atoms in total. The van der Waals surface area contributed by atoms with Gasteiger partial charge < -0.3 is 9.72 Å². The molecule has 0 atom stereocenters. The van der Waals surface area contributed by atoms with Crippen molar-refractivity contribution in [3.63, 3.8) is 0 Å². The van der Waals surface area contributed by atoms with Crippen LogP contribution in [0, 0.1) is 0 Å². The highest BCUT2D eigenvalue weighted by atomic mass is 35.5. The standard InChI is InChI=1S/C21H13Cl2N5O2/c22-14-2-1-3-15(23)19(14)20-26-17-7-5-13(9-18(17)27-20)30-21(29)25-12-4-6-16-11(8-12)10-24-28-16/h1-10H,(H,24,28)(H,25,29)(H,26,27). The highest BCUT2D eigenvalue weighted by Crippen LogP contribution is 2.34. The lowest BCUT2D eigenvalue weighted by molar-refractivity contribution is 0.215. The molecule has 1 amide bonds. The van der Waals surface area contributed by atoms with Crippen LogP contribution >= 0.6 is 23.2 Å². The smallest absolute Gasteiger partial charge is 0.410 e. The molecule has 5 rings (SSSR count). The number of ether oxygens (including phenoxy) is 1. The maximum Gasteiger partial charge on any atom is 0.417 e. The normalized spacial score (nSPS) is 11.1. The van der Waals surface area contributed by atoms with Gasteiger partial charge in [0.2, 0.25) is 0 Å². The van der Waals surface area contributed by atoms with Gasteiger partial charge in [0.05, 0.1) is 38.4 Å². The van der Waals surface area contributed by atoms with Crippen LogP contribution in [0.15, 0.2) is 60.8 Å². The predicted octanol–water partition coefficient (Wildman–Crippen LogP) is 6.02. The predicted molar refractivity (Wildman–Crippen MR) is 117 cm³/mol. The van der Waals surface area contributed by atoms with Gasteiger partial charge in [-0.05, 0) is 42.5 Å². The van der Waals surface area contributed by atoms with Gasteiger partial charge >= 0.3 is 6.09 Å². The van der Waals surface area contributed by atoms with Gasteiger partial charge in [-0.25, -0.2) is 9.78 Å². The molecule has 30 heavy (non-hydrogen) atoms. The average Bonchev–Trinajstić information content (AvgIpc) is 3.33. The number of benzene rings is 3. The summed E-state index contributed by atoms with van der Waals surface area (Å²) in [5, 5.41) is 11.4. The van der Waals surface area contributed by atoms with Crippen molar-refractivity contribution in [2.75, 3.05) is 5.32 Å². The van der Waals surface area contributed by atoms with E-state index >= 15 is 0 Å². The van der Waals surface area contributed by atoms with E-state index in [1.807, 2.05) is 6.07 Å². The first-order valence-corrected chi connectivity index (χ1v) is 9.68. The molecule has 0 bridgehead atoms. The van der Waals surface area contributed by atoms with Crippen LogP contribution in [0.5, 0.6) is 5.75 Å². The number of carbonyl (C=O) groups excluding carboxylic acids is 1. The van der Waals surface area contributed by atoms with Crippen molar-refractivity contribution in [1.29, 1.82) is 0 Å². The van der Waals surface area contributed by atoms with Gasteiger partial charge in [-0.15, -0.1) is 0 Å². The van der Waals surface area contributed by atoms with Crippen LogP contribution in [0.25, 0.3) is 33.3 Å². The van der Waals surface area contributed by atoms with Crippen molar-refractivity contribution in [3.8, 4) is 17.1 Å². The van der Waals surface area contributed by atoms with Gasteiger partial charge in [0.1, 0.15) is 11.6 Å². The van der Waals surface area contributed by atoms with Gasteiger partial charge in [0.25, 0.3) is 0 Å². The lowest BCUT2D eigenvalue weighted by Crippen LogP contribution is -2.16. The van der Waals surface area contributed by atoms with E-state index in [9.17, 15) is 4.79 Å². The van der Waals surface area contributed by atoms with Crippen LogP contribution in [0.4, 0.5) is 10.5 Å². The fourth-order valence-corrected chi connectivity index (χ4v) is 3.74. The Morgan fingerprint density at radius 2 is 1.83 bits per heavy atom. The van der Waals surface area contributed by atoms with E-state index in [1.165, 1.54) is 0 Å². The second kappa shape index (κ2) is 7.37. The third-order valence-corrected chi connectivity index (χ3v) is 5.18. The van der Waals surface area contributed by atoms with Crippen molar-refractivity contribution < 1.29 is 9.53 Å². The summed E-state index contributed by atoms with van der Waals surface area (Å²) >= 11 is 12.5. The molecule has 0 radical (unpaired) electrons. The van der Waals surface area contributed by atoms with Crippen molar-refractivity contribution in [2.24, 2.45) is 0 Å². The Labute approximate surface area is 180 Å². The molecule has 0 aliphatic heterocycles. The van der Waals surface area contributed by atoms with Crippen LogP contribution in [0.2, 0.25) is 10.0 Å². The fourth-order valence-electron chi connectivity index (χ4n) is 3.17. The molecule has 9 heteroatoms. The van der Waals surface area contributed by atoms with Gasteiger partial charge in [0, 0.05) is 17.1 Å². The molecule has 3 N–H and O–H groups in total. The van der Waals surface area contributed by atoms with E-state index in [1.54, 1.807) is 54.7 Å². The molecule has 0 aliphatic carbocycles. The van der Waals surface area contributed by atoms with Gasteiger partial charge in [-0.2, -0.15) is 5.10 Å². The van der Waals surface area contributed by atoms with Crippen molar-refractivity contribution in [1.82, 2.24) is 20.2 Å². The topological polar surface area (TPSA) is 95.7 Å². The number of amides is 1. The first-order valence-electron chi connectivity index (χ1n) is 8.93. The number of H-pyrrole nitrogens is 2. The summed E-state index contributed by atoms with van der Waals surface area (Å²) in [7, 11) is 0. The molecule has 0 fully saturated rings. The summed E-state index contributed by atoms with van der Waals surface area (Å²) < 4.78 is 5.41. The number of imidazole rings is 1. The van der Waals surface area contributed by atoms with Crippen molar-refractivity contribution >= 4 is 56.9 Å². The number of halogens is 2.